The third-order valence-electron chi connectivity index (χ3n) is 1.73. The van der Waals surface area contributed by atoms with Crippen LogP contribution < -0.4 is 11.3 Å². The van der Waals surface area contributed by atoms with E-state index in [1.54, 1.807) is 18.2 Å². The number of hydrogen-bond donors (Lipinski definition) is 2. The summed E-state index contributed by atoms with van der Waals surface area (Å²) in [6, 6.07) is 5.27. The van der Waals surface area contributed by atoms with E-state index in [2.05, 4.69) is 15.6 Å². The molecular weight excluding hydrogens is 291 g/mol. The van der Waals surface area contributed by atoms with Gasteiger partial charge >= 0.3 is 0 Å². The average Bonchev–Trinajstić information content (AvgIpc) is 2.66. The van der Waals surface area contributed by atoms with Gasteiger partial charge in [-0.05, 0) is 12.1 Å². The Hall–Kier alpha value is -0.590. The third-order valence-corrected chi connectivity index (χ3v) is 3.23. The minimum atomic E-state index is 0. The number of nitrogen functional groups attached to an aromatic ring is 1. The molecule has 2 rings (SSSR count). The SMILES string of the molecule is Cl.NNc1nnc(-c2c(Cl)cccc2Cl)s1. The quantitative estimate of drug-likeness (QED) is 0.660. The zero-order valence-electron chi connectivity index (χ0n) is 7.78. The summed E-state index contributed by atoms with van der Waals surface area (Å²) in [6.45, 7) is 0. The lowest BCUT2D eigenvalue weighted by Gasteiger charge is -2.01. The zero-order chi connectivity index (χ0) is 10.8. The highest BCUT2D eigenvalue weighted by molar-refractivity contribution is 7.18. The molecule has 2 aromatic rings. The van der Waals surface area contributed by atoms with Crippen LogP contribution >= 0.6 is 46.9 Å². The Labute approximate surface area is 112 Å². The van der Waals surface area contributed by atoms with Gasteiger partial charge in [0, 0.05) is 5.56 Å². The Morgan fingerprint density at radius 2 is 1.81 bits per heavy atom. The van der Waals surface area contributed by atoms with Gasteiger partial charge in [-0.15, -0.1) is 22.6 Å². The van der Waals surface area contributed by atoms with E-state index in [1.807, 2.05) is 0 Å². The molecule has 0 atom stereocenters. The summed E-state index contributed by atoms with van der Waals surface area (Å²) in [4.78, 5) is 0. The fraction of sp³-hybridized carbons (Fsp3) is 0. The predicted octanol–water partition coefficient (Wildman–Crippen LogP) is 3.22. The van der Waals surface area contributed by atoms with Gasteiger partial charge in [0.05, 0.1) is 10.0 Å². The van der Waals surface area contributed by atoms with Gasteiger partial charge in [0.15, 0.2) is 5.01 Å². The van der Waals surface area contributed by atoms with E-state index in [0.29, 0.717) is 25.7 Å². The fourth-order valence-electron chi connectivity index (χ4n) is 1.08. The molecule has 16 heavy (non-hydrogen) atoms. The van der Waals surface area contributed by atoms with Crippen molar-refractivity contribution in [3.63, 3.8) is 0 Å². The summed E-state index contributed by atoms with van der Waals surface area (Å²) in [5.74, 6) is 5.21. The highest BCUT2D eigenvalue weighted by Gasteiger charge is 2.12. The minimum Gasteiger partial charge on any atom is -0.298 e. The number of nitrogens with two attached hydrogens (primary N) is 1. The average molecular weight is 298 g/mol. The van der Waals surface area contributed by atoms with Crippen molar-refractivity contribution in [2.75, 3.05) is 5.43 Å². The molecule has 0 radical (unpaired) electrons. The first-order chi connectivity index (χ1) is 7.22. The van der Waals surface area contributed by atoms with Crippen molar-refractivity contribution < 1.29 is 0 Å². The van der Waals surface area contributed by atoms with Crippen LogP contribution in [0.2, 0.25) is 10.0 Å². The van der Waals surface area contributed by atoms with Crippen LogP contribution in [0.25, 0.3) is 10.6 Å². The lowest BCUT2D eigenvalue weighted by atomic mass is 10.2. The van der Waals surface area contributed by atoms with Crippen LogP contribution in [-0.2, 0) is 0 Å². The van der Waals surface area contributed by atoms with E-state index >= 15 is 0 Å². The summed E-state index contributed by atoms with van der Waals surface area (Å²) in [6.07, 6.45) is 0. The number of nitrogens with one attached hydrogen (secondary N) is 1. The van der Waals surface area contributed by atoms with E-state index in [9.17, 15) is 0 Å². The summed E-state index contributed by atoms with van der Waals surface area (Å²) < 4.78 is 0. The van der Waals surface area contributed by atoms with Crippen molar-refractivity contribution in [1.29, 1.82) is 0 Å². The van der Waals surface area contributed by atoms with Crippen LogP contribution in [0.4, 0.5) is 5.13 Å². The smallest absolute Gasteiger partial charge is 0.220 e. The molecule has 0 saturated heterocycles. The highest BCUT2D eigenvalue weighted by atomic mass is 35.5. The molecule has 0 bridgehead atoms. The number of rotatable bonds is 2. The largest absolute Gasteiger partial charge is 0.298 e. The number of benzene rings is 1. The lowest BCUT2D eigenvalue weighted by Crippen LogP contribution is -2.05. The maximum Gasteiger partial charge on any atom is 0.220 e. The van der Waals surface area contributed by atoms with Crippen LogP contribution in [0.15, 0.2) is 18.2 Å². The van der Waals surface area contributed by atoms with E-state index < -0.39 is 0 Å². The summed E-state index contributed by atoms with van der Waals surface area (Å²) in [5, 5.41) is 9.98. The van der Waals surface area contributed by atoms with Crippen molar-refractivity contribution in [3.05, 3.63) is 28.2 Å². The Morgan fingerprint density at radius 1 is 1.19 bits per heavy atom. The molecule has 0 amide bonds. The first-order valence-electron chi connectivity index (χ1n) is 3.97. The second-order valence-corrected chi connectivity index (χ2v) is 4.45. The van der Waals surface area contributed by atoms with E-state index in [4.69, 9.17) is 29.0 Å². The Kier molecular flexibility index (Phi) is 4.76. The standard InChI is InChI=1S/C8H6Cl2N4S.ClH/c9-4-2-1-3-5(10)6(4)7-13-14-8(12-11)15-7;/h1-3H,11H2,(H,12,14);1H. The van der Waals surface area contributed by atoms with Gasteiger partial charge in [-0.1, -0.05) is 40.6 Å². The summed E-state index contributed by atoms with van der Waals surface area (Å²) >= 11 is 13.3. The molecule has 0 saturated carbocycles. The van der Waals surface area contributed by atoms with Crippen molar-refractivity contribution in [2.24, 2.45) is 5.84 Å². The van der Waals surface area contributed by atoms with Crippen LogP contribution in [0, 0.1) is 0 Å². The van der Waals surface area contributed by atoms with E-state index in [0.717, 1.165) is 0 Å². The van der Waals surface area contributed by atoms with Crippen LogP contribution in [-0.4, -0.2) is 10.2 Å². The monoisotopic (exact) mass is 296 g/mol. The molecule has 8 heteroatoms. The predicted molar refractivity (Wildman–Crippen MR) is 70.4 cm³/mol. The molecule has 1 aromatic carbocycles. The second kappa shape index (κ2) is 5.65. The number of nitrogens with zero attached hydrogens (tertiary/aromatic N) is 2. The van der Waals surface area contributed by atoms with Gasteiger partial charge in [-0.3, -0.25) is 5.43 Å². The topological polar surface area (TPSA) is 63.8 Å². The molecule has 4 nitrogen and oxygen atoms in total. The Bertz CT molecular complexity index is 468. The normalized spacial score (nSPS) is 9.69. The summed E-state index contributed by atoms with van der Waals surface area (Å²) in [5.41, 5.74) is 3.10. The molecule has 0 fully saturated rings. The Morgan fingerprint density at radius 3 is 2.31 bits per heavy atom. The zero-order valence-corrected chi connectivity index (χ0v) is 10.9. The molecule has 1 aromatic heterocycles. The van der Waals surface area contributed by atoms with Gasteiger partial charge in [-0.2, -0.15) is 0 Å². The van der Waals surface area contributed by atoms with Gasteiger partial charge in [0.2, 0.25) is 5.13 Å². The number of hydrogen-bond acceptors (Lipinski definition) is 5. The fourth-order valence-corrected chi connectivity index (χ4v) is 2.50. The first kappa shape index (κ1) is 13.5. The maximum atomic E-state index is 6.02. The molecule has 0 aliphatic rings. The number of anilines is 1. The van der Waals surface area contributed by atoms with Gasteiger partial charge in [-0.25, -0.2) is 5.84 Å². The summed E-state index contributed by atoms with van der Waals surface area (Å²) in [7, 11) is 0. The van der Waals surface area contributed by atoms with E-state index in [1.165, 1.54) is 11.3 Å². The highest BCUT2D eigenvalue weighted by Crippen LogP contribution is 2.36. The number of hydrazine groups is 1. The van der Waals surface area contributed by atoms with Crippen molar-refractivity contribution in [1.82, 2.24) is 10.2 Å². The van der Waals surface area contributed by atoms with Crippen molar-refractivity contribution in [2.45, 2.75) is 0 Å². The van der Waals surface area contributed by atoms with Crippen LogP contribution in [0.3, 0.4) is 0 Å². The number of aromatic nitrogens is 2. The Balaban J connectivity index is 0.00000128. The molecule has 0 aliphatic heterocycles. The molecule has 0 aliphatic carbocycles. The van der Waals surface area contributed by atoms with Crippen molar-refractivity contribution >= 4 is 52.1 Å². The van der Waals surface area contributed by atoms with Crippen LogP contribution in [0.5, 0.6) is 0 Å². The second-order valence-electron chi connectivity index (χ2n) is 2.65. The first-order valence-corrected chi connectivity index (χ1v) is 5.54. The molecule has 1 heterocycles. The van der Waals surface area contributed by atoms with Crippen LogP contribution in [0.1, 0.15) is 0 Å². The van der Waals surface area contributed by atoms with E-state index in [-0.39, 0.29) is 12.4 Å². The molecule has 0 spiro atoms. The maximum absolute atomic E-state index is 6.02. The van der Waals surface area contributed by atoms with Gasteiger partial charge < -0.3 is 0 Å². The van der Waals surface area contributed by atoms with Gasteiger partial charge in [0.25, 0.3) is 0 Å². The lowest BCUT2D eigenvalue weighted by molar-refractivity contribution is 1.08. The third kappa shape index (κ3) is 2.56. The van der Waals surface area contributed by atoms with Gasteiger partial charge in [0.1, 0.15) is 0 Å². The molecular formula is C8H7Cl3N4S. The molecule has 3 N–H and O–H groups in total. The molecule has 0 unspecified atom stereocenters. The minimum absolute atomic E-state index is 0. The number of halogens is 3. The molecule has 86 valence electrons. The van der Waals surface area contributed by atoms with Crippen molar-refractivity contribution in [3.8, 4) is 10.6 Å².